The van der Waals surface area contributed by atoms with E-state index in [0.29, 0.717) is 31.5 Å². The van der Waals surface area contributed by atoms with Crippen molar-refractivity contribution in [2.75, 3.05) is 0 Å². The zero-order valence-corrected chi connectivity index (χ0v) is 26.9. The molecule has 2 unspecified atom stereocenters. The average Bonchev–Trinajstić information content (AvgIpc) is 3.78. The normalized spacial score (nSPS) is 17.3. The van der Waals surface area contributed by atoms with Gasteiger partial charge in [-0.25, -0.2) is 4.79 Å². The van der Waals surface area contributed by atoms with Crippen molar-refractivity contribution in [2.24, 2.45) is 5.92 Å². The topological polar surface area (TPSA) is 106 Å². The minimum Gasteiger partial charge on any atom is -0.475 e. The summed E-state index contributed by atoms with van der Waals surface area (Å²) in [5, 5.41) is 15.1. The van der Waals surface area contributed by atoms with Gasteiger partial charge in [-0.15, -0.1) is 0 Å². The lowest BCUT2D eigenvalue weighted by atomic mass is 9.81. The fourth-order valence-corrected chi connectivity index (χ4v) is 8.34. The quantitative estimate of drug-likeness (QED) is 0.168. The molecular weight excluding hydrogens is 602 g/mol. The molecule has 0 saturated carbocycles. The largest absolute Gasteiger partial charge is 0.475 e. The summed E-state index contributed by atoms with van der Waals surface area (Å²) in [5.41, 5.74) is 9.33. The van der Waals surface area contributed by atoms with Crippen LogP contribution in [0.2, 0.25) is 0 Å². The summed E-state index contributed by atoms with van der Waals surface area (Å²) in [6.45, 7) is 2.56. The van der Waals surface area contributed by atoms with Crippen molar-refractivity contribution >= 4 is 39.5 Å². The Morgan fingerprint density at radius 3 is 2.29 bits per heavy atom. The van der Waals surface area contributed by atoms with Crippen LogP contribution in [0.4, 0.5) is 0 Å². The third-order valence-electron chi connectivity index (χ3n) is 10.4. The van der Waals surface area contributed by atoms with Gasteiger partial charge >= 0.3 is 5.97 Å². The third-order valence-corrected chi connectivity index (χ3v) is 10.4. The predicted octanol–water partition coefficient (Wildman–Crippen LogP) is 7.49. The first-order chi connectivity index (χ1) is 23.4. The number of fused-ring (bicyclic) bond motifs is 6. The van der Waals surface area contributed by atoms with E-state index in [1.54, 1.807) is 13.0 Å². The smallest absolute Gasteiger partial charge is 0.372 e. The Hall–Kier alpha value is -5.37. The molecule has 2 aliphatic carbocycles. The number of nitrogens with zero attached hydrogens (tertiary/aromatic N) is 2. The van der Waals surface area contributed by atoms with Crippen LogP contribution in [0.15, 0.2) is 89.5 Å². The van der Waals surface area contributed by atoms with Gasteiger partial charge in [0.2, 0.25) is 11.7 Å². The molecule has 242 valence electrons. The molecule has 2 aliphatic rings. The molecule has 0 saturated heterocycles. The molecule has 8 rings (SSSR count). The SMILES string of the molecule is CC(=O)NC1CCCc2c1c1ccccc1n2Cc1ccccc1C(=O)C1CCc2c(c3ccccc3n2Cc2ccoc2C(=O)O)C1. The number of nitrogens with one attached hydrogen (secondary N) is 1. The van der Waals surface area contributed by atoms with Crippen molar-refractivity contribution < 1.29 is 23.9 Å². The van der Waals surface area contributed by atoms with Crippen molar-refractivity contribution in [3.05, 3.63) is 130 Å². The van der Waals surface area contributed by atoms with Gasteiger partial charge < -0.3 is 24.0 Å². The fourth-order valence-electron chi connectivity index (χ4n) is 8.34. The third kappa shape index (κ3) is 5.03. The molecule has 1 amide bonds. The fraction of sp³-hybridized carbons (Fsp3) is 0.275. The highest BCUT2D eigenvalue weighted by molar-refractivity contribution is 6.00. The number of aromatic carboxylic acids is 1. The van der Waals surface area contributed by atoms with E-state index < -0.39 is 5.97 Å². The molecule has 3 heterocycles. The number of aromatic nitrogens is 2. The van der Waals surface area contributed by atoms with E-state index in [1.165, 1.54) is 23.1 Å². The first-order valence-corrected chi connectivity index (χ1v) is 16.8. The predicted molar refractivity (Wildman–Crippen MR) is 184 cm³/mol. The molecule has 0 radical (unpaired) electrons. The Labute approximate surface area is 278 Å². The van der Waals surface area contributed by atoms with E-state index in [0.717, 1.165) is 64.3 Å². The van der Waals surface area contributed by atoms with Crippen LogP contribution in [0.5, 0.6) is 0 Å². The van der Waals surface area contributed by atoms with Crippen LogP contribution in [-0.4, -0.2) is 31.9 Å². The molecule has 0 bridgehead atoms. The van der Waals surface area contributed by atoms with Crippen LogP contribution in [0.25, 0.3) is 21.8 Å². The van der Waals surface area contributed by atoms with Crippen LogP contribution in [0.1, 0.15) is 86.8 Å². The average molecular weight is 640 g/mol. The standard InChI is InChI=1S/C40H37N3O5/c1-24(44)41-32-13-8-16-36-37(32)30-12-5-7-15-34(30)43(36)22-26-9-2-3-10-28(26)38(45)25-17-18-35-31(21-25)29-11-4-6-14-33(29)42(35)23-27-19-20-48-39(27)40(46)47/h2-7,9-12,14-15,19-20,25,32H,8,13,16-18,21-23H2,1H3,(H,41,44)(H,46,47). The highest BCUT2D eigenvalue weighted by Crippen LogP contribution is 2.40. The number of para-hydroxylation sites is 2. The highest BCUT2D eigenvalue weighted by atomic mass is 16.4. The summed E-state index contributed by atoms with van der Waals surface area (Å²) in [6, 6.07) is 26.3. The van der Waals surface area contributed by atoms with E-state index in [-0.39, 0.29) is 29.4 Å². The van der Waals surface area contributed by atoms with Gasteiger partial charge in [0.05, 0.1) is 18.8 Å². The van der Waals surface area contributed by atoms with Gasteiger partial charge in [-0.3, -0.25) is 9.59 Å². The molecule has 48 heavy (non-hydrogen) atoms. The number of rotatable bonds is 8. The maximum absolute atomic E-state index is 14.5. The van der Waals surface area contributed by atoms with E-state index in [4.69, 9.17) is 4.42 Å². The molecule has 8 heteroatoms. The van der Waals surface area contributed by atoms with E-state index >= 15 is 0 Å². The molecule has 8 nitrogen and oxygen atoms in total. The zero-order chi connectivity index (χ0) is 32.9. The van der Waals surface area contributed by atoms with E-state index in [9.17, 15) is 19.5 Å². The van der Waals surface area contributed by atoms with Crippen molar-refractivity contribution in [1.82, 2.24) is 14.5 Å². The van der Waals surface area contributed by atoms with Gasteiger partial charge in [0.25, 0.3) is 0 Å². The van der Waals surface area contributed by atoms with Crippen LogP contribution in [-0.2, 0) is 37.1 Å². The number of carboxylic acids is 1. The van der Waals surface area contributed by atoms with Crippen LogP contribution in [0.3, 0.4) is 0 Å². The molecule has 0 fully saturated rings. The van der Waals surface area contributed by atoms with Crippen molar-refractivity contribution in [2.45, 2.75) is 64.6 Å². The zero-order valence-electron chi connectivity index (χ0n) is 26.9. The van der Waals surface area contributed by atoms with Crippen molar-refractivity contribution in [1.29, 1.82) is 0 Å². The Bertz CT molecular complexity index is 2230. The molecular formula is C40H37N3O5. The number of carbonyl (C=O) groups is 3. The second-order valence-electron chi connectivity index (χ2n) is 13.2. The van der Waals surface area contributed by atoms with Crippen LogP contribution in [0, 0.1) is 5.92 Å². The lowest BCUT2D eigenvalue weighted by molar-refractivity contribution is -0.119. The number of hydrogen-bond donors (Lipinski definition) is 2. The van der Waals surface area contributed by atoms with Crippen molar-refractivity contribution in [3.8, 4) is 0 Å². The lowest BCUT2D eigenvalue weighted by Gasteiger charge is -2.26. The molecule has 0 spiro atoms. The highest BCUT2D eigenvalue weighted by Gasteiger charge is 2.32. The maximum Gasteiger partial charge on any atom is 0.372 e. The van der Waals surface area contributed by atoms with Gasteiger partial charge in [-0.2, -0.15) is 0 Å². The summed E-state index contributed by atoms with van der Waals surface area (Å²) in [5.74, 6) is -1.14. The maximum atomic E-state index is 14.5. The van der Waals surface area contributed by atoms with E-state index in [1.807, 2.05) is 30.3 Å². The summed E-state index contributed by atoms with van der Waals surface area (Å²) < 4.78 is 9.84. The molecule has 0 aliphatic heterocycles. The Morgan fingerprint density at radius 1 is 0.812 bits per heavy atom. The number of benzene rings is 3. The minimum absolute atomic E-state index is 0.0166. The Kier molecular flexibility index (Phi) is 7.51. The second kappa shape index (κ2) is 12.0. The minimum atomic E-state index is -1.08. The molecule has 3 aromatic carbocycles. The molecule has 2 N–H and O–H groups in total. The van der Waals surface area contributed by atoms with Crippen molar-refractivity contribution in [3.63, 3.8) is 0 Å². The number of ketones is 1. The molecule has 6 aromatic rings. The van der Waals surface area contributed by atoms with Gasteiger partial charge in [0.15, 0.2) is 5.78 Å². The second-order valence-corrected chi connectivity index (χ2v) is 13.2. The van der Waals surface area contributed by atoms with Crippen LogP contribution < -0.4 is 5.32 Å². The number of hydrogen-bond acceptors (Lipinski definition) is 4. The summed E-state index contributed by atoms with van der Waals surface area (Å²) in [7, 11) is 0. The Balaban J connectivity index is 1.13. The molecule has 3 aromatic heterocycles. The number of amides is 1. The lowest BCUT2D eigenvalue weighted by Crippen LogP contribution is -2.29. The Morgan fingerprint density at radius 2 is 1.50 bits per heavy atom. The van der Waals surface area contributed by atoms with Gasteiger partial charge in [-0.1, -0.05) is 60.7 Å². The molecule has 2 atom stereocenters. The summed E-state index contributed by atoms with van der Waals surface area (Å²) in [6.07, 6.45) is 6.34. The monoisotopic (exact) mass is 639 g/mol. The van der Waals surface area contributed by atoms with Crippen LogP contribution >= 0.6 is 0 Å². The van der Waals surface area contributed by atoms with Gasteiger partial charge in [0, 0.05) is 69.3 Å². The first kappa shape index (κ1) is 30.0. The number of Topliss-reactive ketones (excluding diaryl/α,β-unsaturated/α-hetero) is 1. The summed E-state index contributed by atoms with van der Waals surface area (Å²) >= 11 is 0. The first-order valence-electron chi connectivity index (χ1n) is 16.8. The number of carboxylic acid groups (broad SMARTS) is 1. The number of carbonyl (C=O) groups excluding carboxylic acids is 2. The summed E-state index contributed by atoms with van der Waals surface area (Å²) in [4.78, 5) is 38.3. The van der Waals surface area contributed by atoms with E-state index in [2.05, 4.69) is 56.9 Å². The number of furan rings is 1. The van der Waals surface area contributed by atoms with Gasteiger partial charge in [0.1, 0.15) is 0 Å². The van der Waals surface area contributed by atoms with Gasteiger partial charge in [-0.05, 0) is 67.9 Å².